The molecule has 1 atom stereocenters. The third-order valence-electron chi connectivity index (χ3n) is 4.09. The Morgan fingerprint density at radius 2 is 1.93 bits per heavy atom. The average Bonchev–Trinajstić information content (AvgIpc) is 3.15. The summed E-state index contributed by atoms with van der Waals surface area (Å²) in [6, 6.07) is 14.4. The molecule has 0 aliphatic carbocycles. The summed E-state index contributed by atoms with van der Waals surface area (Å²) in [5.74, 6) is 0.298. The van der Waals surface area contributed by atoms with Crippen molar-refractivity contribution < 1.29 is 14.3 Å². The number of ether oxygens (including phenoxy) is 1. The van der Waals surface area contributed by atoms with Gasteiger partial charge in [-0.3, -0.25) is 0 Å². The van der Waals surface area contributed by atoms with Crippen molar-refractivity contribution in [2.75, 3.05) is 24.4 Å². The molecule has 0 fully saturated rings. The van der Waals surface area contributed by atoms with Crippen molar-refractivity contribution in [3.63, 3.8) is 0 Å². The van der Waals surface area contributed by atoms with Crippen LogP contribution in [0, 0.1) is 0 Å². The summed E-state index contributed by atoms with van der Waals surface area (Å²) in [7, 11) is 1.31. The SMILES string of the molecule is COC(=O)C(CCSC)NC(=O)Nc1ccc(-c2nc3ccccc3s2)cc1. The number of hydrogen-bond acceptors (Lipinski definition) is 6. The van der Waals surface area contributed by atoms with E-state index in [1.807, 2.05) is 54.8 Å². The van der Waals surface area contributed by atoms with Crippen LogP contribution in [0.1, 0.15) is 6.42 Å². The molecule has 146 valence electrons. The van der Waals surface area contributed by atoms with E-state index in [1.54, 1.807) is 23.1 Å². The predicted octanol–water partition coefficient (Wildman–Crippen LogP) is 4.38. The molecule has 0 spiro atoms. The van der Waals surface area contributed by atoms with Gasteiger partial charge in [-0.2, -0.15) is 11.8 Å². The van der Waals surface area contributed by atoms with Crippen molar-refractivity contribution in [3.8, 4) is 10.6 Å². The van der Waals surface area contributed by atoms with Gasteiger partial charge >= 0.3 is 12.0 Å². The summed E-state index contributed by atoms with van der Waals surface area (Å²) < 4.78 is 5.89. The van der Waals surface area contributed by atoms with E-state index in [9.17, 15) is 9.59 Å². The van der Waals surface area contributed by atoms with E-state index in [-0.39, 0.29) is 0 Å². The zero-order valence-electron chi connectivity index (χ0n) is 15.6. The fourth-order valence-electron chi connectivity index (χ4n) is 2.64. The standard InChI is InChI=1S/C20H21N3O3S2/c1-26-19(24)16(11-12-27-2)23-20(25)21-14-9-7-13(8-10-14)18-22-15-5-3-4-6-17(15)28-18/h3-10,16H,11-12H2,1-2H3,(H2,21,23,25). The molecule has 8 heteroatoms. The third kappa shape index (κ3) is 5.02. The lowest BCUT2D eigenvalue weighted by Gasteiger charge is -2.16. The minimum atomic E-state index is -0.667. The van der Waals surface area contributed by atoms with Crippen LogP contribution in [0.5, 0.6) is 0 Å². The first kappa shape index (κ1) is 20.2. The summed E-state index contributed by atoms with van der Waals surface area (Å²) in [4.78, 5) is 28.7. The van der Waals surface area contributed by atoms with E-state index < -0.39 is 18.0 Å². The number of esters is 1. The van der Waals surface area contributed by atoms with E-state index in [4.69, 9.17) is 4.74 Å². The molecule has 2 amide bonds. The second kappa shape index (κ2) is 9.57. The Bertz CT molecular complexity index is 924. The molecule has 6 nitrogen and oxygen atoms in total. The monoisotopic (exact) mass is 415 g/mol. The van der Waals surface area contributed by atoms with Crippen LogP contribution < -0.4 is 10.6 Å². The first-order valence-electron chi connectivity index (χ1n) is 8.71. The van der Waals surface area contributed by atoms with Gasteiger partial charge in [-0.1, -0.05) is 12.1 Å². The Balaban J connectivity index is 1.64. The lowest BCUT2D eigenvalue weighted by Crippen LogP contribution is -2.44. The molecule has 1 unspecified atom stereocenters. The maximum atomic E-state index is 12.2. The topological polar surface area (TPSA) is 80.3 Å². The smallest absolute Gasteiger partial charge is 0.328 e. The molecule has 0 saturated heterocycles. The summed E-state index contributed by atoms with van der Waals surface area (Å²) in [6.07, 6.45) is 2.46. The number of amides is 2. The number of anilines is 1. The third-order valence-corrected chi connectivity index (χ3v) is 5.81. The molecule has 0 saturated carbocycles. The number of rotatable bonds is 7. The minimum Gasteiger partial charge on any atom is -0.467 e. The number of nitrogens with zero attached hydrogens (tertiary/aromatic N) is 1. The number of carbonyl (C=O) groups is 2. The number of aromatic nitrogens is 1. The molecule has 1 aromatic heterocycles. The molecule has 0 radical (unpaired) electrons. The Morgan fingerprint density at radius 1 is 1.18 bits per heavy atom. The number of thiazole rings is 1. The van der Waals surface area contributed by atoms with Gasteiger partial charge in [0.05, 0.1) is 17.3 Å². The highest BCUT2D eigenvalue weighted by atomic mass is 32.2. The van der Waals surface area contributed by atoms with E-state index >= 15 is 0 Å². The van der Waals surface area contributed by atoms with Crippen molar-refractivity contribution in [2.45, 2.75) is 12.5 Å². The molecule has 1 heterocycles. The van der Waals surface area contributed by atoms with Crippen LogP contribution in [-0.2, 0) is 9.53 Å². The number of carbonyl (C=O) groups excluding carboxylic acids is 2. The fourth-order valence-corrected chi connectivity index (χ4v) is 4.09. The molecule has 28 heavy (non-hydrogen) atoms. The van der Waals surface area contributed by atoms with Crippen LogP contribution in [0.3, 0.4) is 0 Å². The van der Waals surface area contributed by atoms with Crippen molar-refractivity contribution in [1.29, 1.82) is 0 Å². The number of urea groups is 1. The van der Waals surface area contributed by atoms with Gasteiger partial charge in [0.15, 0.2) is 0 Å². The molecule has 3 aromatic rings. The highest BCUT2D eigenvalue weighted by Crippen LogP contribution is 2.30. The van der Waals surface area contributed by atoms with E-state index in [0.717, 1.165) is 26.5 Å². The number of benzene rings is 2. The van der Waals surface area contributed by atoms with Crippen LogP contribution in [-0.4, -0.2) is 42.1 Å². The first-order chi connectivity index (χ1) is 13.6. The highest BCUT2D eigenvalue weighted by molar-refractivity contribution is 7.98. The molecule has 2 aromatic carbocycles. The van der Waals surface area contributed by atoms with Crippen LogP contribution in [0.4, 0.5) is 10.5 Å². The quantitative estimate of drug-likeness (QED) is 0.560. The van der Waals surface area contributed by atoms with Crippen molar-refractivity contribution >= 4 is 51.0 Å². The van der Waals surface area contributed by atoms with Gasteiger partial charge in [-0.05, 0) is 54.8 Å². The van der Waals surface area contributed by atoms with Gasteiger partial charge in [-0.25, -0.2) is 14.6 Å². The molecule has 0 aliphatic rings. The van der Waals surface area contributed by atoms with Gasteiger partial charge < -0.3 is 15.4 Å². The van der Waals surface area contributed by atoms with E-state index in [2.05, 4.69) is 15.6 Å². The largest absolute Gasteiger partial charge is 0.467 e. The fraction of sp³-hybridized carbons (Fsp3) is 0.250. The normalized spacial score (nSPS) is 11.8. The number of thioether (sulfide) groups is 1. The number of fused-ring (bicyclic) bond motifs is 1. The predicted molar refractivity (Wildman–Crippen MR) is 116 cm³/mol. The van der Waals surface area contributed by atoms with E-state index in [1.165, 1.54) is 7.11 Å². The Labute approximate surface area is 171 Å². The average molecular weight is 416 g/mol. The van der Waals surface area contributed by atoms with Gasteiger partial charge in [0, 0.05) is 11.3 Å². The maximum Gasteiger partial charge on any atom is 0.328 e. The molecular formula is C20H21N3O3S2. The molecular weight excluding hydrogens is 394 g/mol. The molecule has 0 aliphatic heterocycles. The van der Waals surface area contributed by atoms with Crippen molar-refractivity contribution in [1.82, 2.24) is 10.3 Å². The van der Waals surface area contributed by atoms with Gasteiger partial charge in [0.2, 0.25) is 0 Å². The van der Waals surface area contributed by atoms with Crippen molar-refractivity contribution in [3.05, 3.63) is 48.5 Å². The summed E-state index contributed by atoms with van der Waals surface area (Å²) in [5.41, 5.74) is 2.60. The van der Waals surface area contributed by atoms with Crippen LogP contribution in [0.15, 0.2) is 48.5 Å². The van der Waals surface area contributed by atoms with Gasteiger partial charge in [-0.15, -0.1) is 11.3 Å². The molecule has 3 rings (SSSR count). The van der Waals surface area contributed by atoms with Gasteiger partial charge in [0.25, 0.3) is 0 Å². The van der Waals surface area contributed by atoms with E-state index in [0.29, 0.717) is 12.1 Å². The molecule has 2 N–H and O–H groups in total. The number of hydrogen-bond donors (Lipinski definition) is 2. The Hall–Kier alpha value is -2.58. The zero-order valence-corrected chi connectivity index (χ0v) is 17.2. The summed E-state index contributed by atoms with van der Waals surface area (Å²) >= 11 is 3.23. The second-order valence-electron chi connectivity index (χ2n) is 6.02. The number of nitrogens with one attached hydrogen (secondary N) is 2. The maximum absolute atomic E-state index is 12.2. The van der Waals surface area contributed by atoms with Crippen LogP contribution in [0.25, 0.3) is 20.8 Å². The lowest BCUT2D eigenvalue weighted by atomic mass is 10.2. The van der Waals surface area contributed by atoms with Crippen molar-refractivity contribution in [2.24, 2.45) is 0 Å². The Kier molecular flexibility index (Phi) is 6.89. The first-order valence-corrected chi connectivity index (χ1v) is 10.9. The number of para-hydroxylation sites is 1. The Morgan fingerprint density at radius 3 is 2.61 bits per heavy atom. The van der Waals surface area contributed by atoms with Crippen LogP contribution in [0.2, 0.25) is 0 Å². The summed E-state index contributed by atoms with van der Waals surface area (Å²) in [5, 5.41) is 6.35. The minimum absolute atomic E-state index is 0.441. The van der Waals surface area contributed by atoms with Gasteiger partial charge in [0.1, 0.15) is 11.0 Å². The number of methoxy groups -OCH3 is 1. The second-order valence-corrected chi connectivity index (χ2v) is 8.04. The van der Waals surface area contributed by atoms with Crippen LogP contribution >= 0.6 is 23.1 Å². The molecule has 0 bridgehead atoms. The zero-order chi connectivity index (χ0) is 19.9. The highest BCUT2D eigenvalue weighted by Gasteiger charge is 2.21. The lowest BCUT2D eigenvalue weighted by molar-refractivity contribution is -0.142. The summed E-state index contributed by atoms with van der Waals surface area (Å²) in [6.45, 7) is 0.